The van der Waals surface area contributed by atoms with Crippen molar-refractivity contribution in [2.45, 2.75) is 52.4 Å². The van der Waals surface area contributed by atoms with Crippen molar-refractivity contribution < 1.29 is 19.1 Å². The van der Waals surface area contributed by atoms with Crippen LogP contribution in [0.25, 0.3) is 0 Å². The maximum Gasteiger partial charge on any atom is 0.266 e. The Balaban J connectivity index is 0.00000341. The van der Waals surface area contributed by atoms with Crippen molar-refractivity contribution in [3.63, 3.8) is 0 Å². The Morgan fingerprint density at radius 1 is 0.806 bits per heavy atom. The monoisotopic (exact) mass is 446 g/mol. The molecule has 0 unspecified atom stereocenters. The van der Waals surface area contributed by atoms with Crippen LogP contribution in [0, 0.1) is 0 Å². The molecule has 0 spiro atoms. The normalized spacial score (nSPS) is 12.5. The quantitative estimate of drug-likeness (QED) is 0.275. The van der Waals surface area contributed by atoms with Gasteiger partial charge in [0.25, 0.3) is 11.8 Å². The Morgan fingerprint density at radius 2 is 1.32 bits per heavy atom. The molecule has 0 saturated carbocycles. The predicted octanol–water partition coefficient (Wildman–Crippen LogP) is 5.63. The number of carbonyl (C=O) groups excluding carboxylic acids is 2. The summed E-state index contributed by atoms with van der Waals surface area (Å²) >= 11 is 0. The highest BCUT2D eigenvalue weighted by atomic mass is 35.5. The van der Waals surface area contributed by atoms with Gasteiger partial charge >= 0.3 is 0 Å². The number of amides is 2. The van der Waals surface area contributed by atoms with Crippen LogP contribution in [0.5, 0.6) is 11.5 Å². The first kappa shape index (κ1) is 24.5. The van der Waals surface area contributed by atoms with Crippen molar-refractivity contribution in [3.05, 3.63) is 47.5 Å². The van der Waals surface area contributed by atoms with E-state index >= 15 is 0 Å². The van der Waals surface area contributed by atoms with E-state index in [0.717, 1.165) is 43.4 Å². The smallest absolute Gasteiger partial charge is 0.266 e. The highest BCUT2D eigenvalue weighted by Crippen LogP contribution is 2.40. The summed E-state index contributed by atoms with van der Waals surface area (Å²) in [7, 11) is 0. The second-order valence-electron chi connectivity index (χ2n) is 7.46. The summed E-state index contributed by atoms with van der Waals surface area (Å²) in [5.74, 6) is 0.143. The van der Waals surface area contributed by atoms with Gasteiger partial charge < -0.3 is 15.2 Å². The minimum absolute atomic E-state index is 0. The van der Waals surface area contributed by atoms with Crippen LogP contribution in [-0.2, 0) is 0 Å². The third-order valence-electron chi connectivity index (χ3n) is 5.14. The number of hydrogen-bond donors (Lipinski definition) is 1. The summed E-state index contributed by atoms with van der Waals surface area (Å²) in [5, 5.41) is 0. The summed E-state index contributed by atoms with van der Waals surface area (Å²) < 4.78 is 11.8. The first-order valence-corrected chi connectivity index (χ1v) is 10.7. The van der Waals surface area contributed by atoms with Crippen molar-refractivity contribution >= 4 is 35.6 Å². The number of imide groups is 1. The highest BCUT2D eigenvalue weighted by Gasteiger charge is 2.38. The number of nitrogens with zero attached hydrogens (tertiary/aromatic N) is 1. The van der Waals surface area contributed by atoms with Gasteiger partial charge in [-0.15, -0.1) is 12.4 Å². The SMILES string of the molecule is CCCCCOc1cc(N2C(=O)c3ccccc3C2=O)c(OCCCCC)cc1N.Cl. The summed E-state index contributed by atoms with van der Waals surface area (Å²) in [6.45, 7) is 5.25. The van der Waals surface area contributed by atoms with Crippen molar-refractivity contribution in [2.75, 3.05) is 23.8 Å². The molecule has 0 saturated heterocycles. The van der Waals surface area contributed by atoms with Gasteiger partial charge in [0.05, 0.1) is 35.7 Å². The van der Waals surface area contributed by atoms with Crippen molar-refractivity contribution in [3.8, 4) is 11.5 Å². The molecule has 1 aliphatic heterocycles. The molecule has 0 aliphatic carbocycles. The van der Waals surface area contributed by atoms with E-state index in [1.54, 1.807) is 36.4 Å². The summed E-state index contributed by atoms with van der Waals surface area (Å²) in [4.78, 5) is 27.2. The van der Waals surface area contributed by atoms with Crippen LogP contribution in [-0.4, -0.2) is 25.0 Å². The lowest BCUT2D eigenvalue weighted by Crippen LogP contribution is -2.30. The molecule has 6 nitrogen and oxygen atoms in total. The number of halogens is 1. The van der Waals surface area contributed by atoms with Crippen LogP contribution in [0.4, 0.5) is 11.4 Å². The van der Waals surface area contributed by atoms with E-state index in [-0.39, 0.29) is 24.2 Å². The summed E-state index contributed by atoms with van der Waals surface area (Å²) in [5.41, 5.74) is 7.78. The molecule has 168 valence electrons. The summed E-state index contributed by atoms with van der Waals surface area (Å²) in [6, 6.07) is 10.1. The van der Waals surface area contributed by atoms with E-state index in [4.69, 9.17) is 15.2 Å². The largest absolute Gasteiger partial charge is 0.491 e. The molecule has 31 heavy (non-hydrogen) atoms. The van der Waals surface area contributed by atoms with Crippen LogP contribution in [0.1, 0.15) is 73.1 Å². The third kappa shape index (κ3) is 5.50. The molecule has 1 aliphatic rings. The molecule has 1 heterocycles. The number of ether oxygens (including phenoxy) is 2. The standard InChI is InChI=1S/C24H30N2O4.ClH/c1-3-5-9-13-29-21-16-20(22(15-19(21)25)30-14-10-6-4-2)26-23(27)17-11-7-8-12-18(17)24(26)28;/h7-8,11-12,15-16H,3-6,9-10,13-14,25H2,1-2H3;1H. The average Bonchev–Trinajstić information content (AvgIpc) is 3.00. The molecule has 0 bridgehead atoms. The Hall–Kier alpha value is -2.73. The third-order valence-corrected chi connectivity index (χ3v) is 5.14. The molecule has 0 atom stereocenters. The van der Waals surface area contributed by atoms with Gasteiger partial charge in [0.1, 0.15) is 11.5 Å². The van der Waals surface area contributed by atoms with Crippen LogP contribution < -0.4 is 20.1 Å². The zero-order valence-electron chi connectivity index (χ0n) is 18.2. The Morgan fingerprint density at radius 3 is 1.84 bits per heavy atom. The molecule has 7 heteroatoms. The van der Waals surface area contributed by atoms with Crippen LogP contribution in [0.15, 0.2) is 36.4 Å². The number of nitrogen functional groups attached to an aromatic ring is 1. The fraction of sp³-hybridized carbons (Fsp3) is 0.417. The number of unbranched alkanes of at least 4 members (excludes halogenated alkanes) is 4. The van der Waals surface area contributed by atoms with E-state index in [0.29, 0.717) is 47.2 Å². The second kappa shape index (κ2) is 11.6. The van der Waals surface area contributed by atoms with E-state index in [9.17, 15) is 9.59 Å². The van der Waals surface area contributed by atoms with Crippen molar-refractivity contribution in [1.29, 1.82) is 0 Å². The fourth-order valence-electron chi connectivity index (χ4n) is 3.46. The minimum atomic E-state index is -0.365. The minimum Gasteiger partial charge on any atom is -0.491 e. The second-order valence-corrected chi connectivity index (χ2v) is 7.46. The van der Waals surface area contributed by atoms with Gasteiger partial charge in [-0.1, -0.05) is 51.7 Å². The van der Waals surface area contributed by atoms with Gasteiger partial charge in [-0.05, 0) is 25.0 Å². The number of anilines is 2. The van der Waals surface area contributed by atoms with Crippen LogP contribution >= 0.6 is 12.4 Å². The zero-order valence-corrected chi connectivity index (χ0v) is 19.0. The molecule has 2 aromatic carbocycles. The Kier molecular flexibility index (Phi) is 9.19. The van der Waals surface area contributed by atoms with Gasteiger partial charge in [-0.2, -0.15) is 0 Å². The molecule has 0 fully saturated rings. The maximum absolute atomic E-state index is 13.0. The number of benzene rings is 2. The molecule has 0 aromatic heterocycles. The summed E-state index contributed by atoms with van der Waals surface area (Å²) in [6.07, 6.45) is 6.05. The topological polar surface area (TPSA) is 81.9 Å². The fourth-order valence-corrected chi connectivity index (χ4v) is 3.46. The maximum atomic E-state index is 13.0. The van der Waals surface area contributed by atoms with E-state index in [2.05, 4.69) is 13.8 Å². The number of fused-ring (bicyclic) bond motifs is 1. The highest BCUT2D eigenvalue weighted by molar-refractivity contribution is 6.34. The van der Waals surface area contributed by atoms with Gasteiger partial charge in [0, 0.05) is 12.1 Å². The lowest BCUT2D eigenvalue weighted by Gasteiger charge is -2.21. The van der Waals surface area contributed by atoms with E-state index in [1.807, 2.05) is 0 Å². The predicted molar refractivity (Wildman–Crippen MR) is 126 cm³/mol. The van der Waals surface area contributed by atoms with Crippen molar-refractivity contribution in [2.24, 2.45) is 0 Å². The average molecular weight is 447 g/mol. The molecule has 3 rings (SSSR count). The lowest BCUT2D eigenvalue weighted by molar-refractivity contribution is 0.0924. The lowest BCUT2D eigenvalue weighted by atomic mass is 10.1. The van der Waals surface area contributed by atoms with Gasteiger partial charge in [0.15, 0.2) is 0 Å². The zero-order chi connectivity index (χ0) is 21.5. The Bertz CT molecular complexity index is 881. The van der Waals surface area contributed by atoms with Crippen LogP contribution in [0.2, 0.25) is 0 Å². The van der Waals surface area contributed by atoms with Crippen LogP contribution in [0.3, 0.4) is 0 Å². The molecular weight excluding hydrogens is 416 g/mol. The van der Waals surface area contributed by atoms with Gasteiger partial charge in [-0.25, -0.2) is 4.90 Å². The number of rotatable bonds is 11. The number of carbonyl (C=O) groups is 2. The molecule has 0 radical (unpaired) electrons. The Labute approximate surface area is 190 Å². The van der Waals surface area contributed by atoms with Gasteiger partial charge in [0.2, 0.25) is 0 Å². The van der Waals surface area contributed by atoms with E-state index in [1.165, 1.54) is 0 Å². The molecule has 2 amide bonds. The van der Waals surface area contributed by atoms with Crippen molar-refractivity contribution in [1.82, 2.24) is 0 Å². The number of hydrogen-bond acceptors (Lipinski definition) is 5. The molecule has 2 aromatic rings. The molecular formula is C24H31ClN2O4. The first-order valence-electron chi connectivity index (χ1n) is 10.7. The van der Waals surface area contributed by atoms with E-state index < -0.39 is 0 Å². The molecule has 2 N–H and O–H groups in total. The number of nitrogens with two attached hydrogens (primary N) is 1. The van der Waals surface area contributed by atoms with Gasteiger partial charge in [-0.3, -0.25) is 9.59 Å². The first-order chi connectivity index (χ1) is 14.6.